The molecule has 6 heteroatoms. The zero-order chi connectivity index (χ0) is 20.3. The summed E-state index contributed by atoms with van der Waals surface area (Å²) in [5.41, 5.74) is 1.48. The molecule has 1 aliphatic carbocycles. The minimum atomic E-state index is -0.728. The molecule has 28 heavy (non-hydrogen) atoms. The molecule has 0 saturated carbocycles. The molecule has 0 spiro atoms. The summed E-state index contributed by atoms with van der Waals surface area (Å²) in [5.74, 6) is -0.881. The third-order valence-corrected chi connectivity index (χ3v) is 4.76. The number of ketones is 1. The maximum Gasteiger partial charge on any atom is 0.313 e. The molecule has 1 unspecified atom stereocenters. The number of Topliss-reactive ketones (excluding diaryl/α,β-unsaturated/α-hetero) is 1. The second-order valence-electron chi connectivity index (χ2n) is 6.33. The van der Waals surface area contributed by atoms with Crippen LogP contribution in [0.25, 0.3) is 5.76 Å². The first-order valence-corrected chi connectivity index (χ1v) is 8.96. The number of aliphatic hydroxyl groups excluding tert-OH is 1. The summed E-state index contributed by atoms with van der Waals surface area (Å²) in [6.07, 6.45) is 0.0425. The molecule has 0 aromatic heterocycles. The van der Waals surface area contributed by atoms with E-state index in [1.807, 2.05) is 6.07 Å². The van der Waals surface area contributed by atoms with E-state index in [1.54, 1.807) is 43.3 Å². The molecule has 0 saturated heterocycles. The number of hydrogen-bond donors (Lipinski definition) is 1. The number of methoxy groups -OCH3 is 2. The molecule has 146 valence electrons. The van der Waals surface area contributed by atoms with Gasteiger partial charge in [-0.25, -0.2) is 0 Å². The van der Waals surface area contributed by atoms with Gasteiger partial charge in [0.1, 0.15) is 5.76 Å². The highest BCUT2D eigenvalue weighted by Crippen LogP contribution is 2.42. The fraction of sp³-hybridized carbons (Fsp3) is 0.273. The first-order valence-electron chi connectivity index (χ1n) is 8.96. The van der Waals surface area contributed by atoms with Crippen LogP contribution in [-0.2, 0) is 9.53 Å². The minimum absolute atomic E-state index is 0.0425. The number of rotatable bonds is 5. The highest BCUT2D eigenvalue weighted by molar-refractivity contribution is 6.16. The third-order valence-electron chi connectivity index (χ3n) is 4.76. The van der Waals surface area contributed by atoms with Crippen LogP contribution in [0.2, 0.25) is 0 Å². The van der Waals surface area contributed by atoms with E-state index in [-0.39, 0.29) is 30.1 Å². The Balaban J connectivity index is 2.20. The summed E-state index contributed by atoms with van der Waals surface area (Å²) in [6.45, 7) is 1.94. The summed E-state index contributed by atoms with van der Waals surface area (Å²) in [6, 6.07) is 11.9. The molecule has 1 N–H and O–H groups in total. The van der Waals surface area contributed by atoms with Crippen molar-refractivity contribution in [3.8, 4) is 11.5 Å². The van der Waals surface area contributed by atoms with Crippen molar-refractivity contribution in [2.75, 3.05) is 20.8 Å². The average molecular weight is 382 g/mol. The maximum atomic E-state index is 13.2. The molecule has 1 aliphatic rings. The van der Waals surface area contributed by atoms with Crippen molar-refractivity contribution >= 4 is 17.5 Å². The SMILES string of the molecule is CCOC(=O)C1C/C(=C(\O)c2ccccc2)C(=O)c2cc(OC)c(OC)cc21. The lowest BCUT2D eigenvalue weighted by Crippen LogP contribution is -2.26. The molecule has 0 aliphatic heterocycles. The molecule has 6 nitrogen and oxygen atoms in total. The van der Waals surface area contributed by atoms with E-state index in [0.717, 1.165) is 0 Å². The van der Waals surface area contributed by atoms with E-state index >= 15 is 0 Å². The minimum Gasteiger partial charge on any atom is -0.507 e. The predicted molar refractivity (Wildman–Crippen MR) is 104 cm³/mol. The van der Waals surface area contributed by atoms with Gasteiger partial charge >= 0.3 is 5.97 Å². The topological polar surface area (TPSA) is 82.1 Å². The summed E-state index contributed by atoms with van der Waals surface area (Å²) < 4.78 is 15.8. The molecular formula is C22H22O6. The molecule has 0 heterocycles. The zero-order valence-corrected chi connectivity index (χ0v) is 16.0. The number of esters is 1. The number of hydrogen-bond acceptors (Lipinski definition) is 6. The summed E-state index contributed by atoms with van der Waals surface area (Å²) in [7, 11) is 2.96. The molecule has 1 atom stereocenters. The van der Waals surface area contributed by atoms with Crippen molar-refractivity contribution in [3.05, 3.63) is 64.7 Å². The Morgan fingerprint density at radius 1 is 1.11 bits per heavy atom. The lowest BCUT2D eigenvalue weighted by atomic mass is 9.78. The largest absolute Gasteiger partial charge is 0.507 e. The highest BCUT2D eigenvalue weighted by Gasteiger charge is 2.37. The Labute approximate surface area is 163 Å². The number of ether oxygens (including phenoxy) is 3. The Morgan fingerprint density at radius 3 is 2.36 bits per heavy atom. The first-order chi connectivity index (χ1) is 13.5. The molecule has 3 rings (SSSR count). The molecule has 0 radical (unpaired) electrons. The quantitative estimate of drug-likeness (QED) is 0.480. The number of fused-ring (bicyclic) bond motifs is 1. The smallest absolute Gasteiger partial charge is 0.313 e. The van der Waals surface area contributed by atoms with Crippen molar-refractivity contribution in [3.63, 3.8) is 0 Å². The van der Waals surface area contributed by atoms with Gasteiger partial charge in [0.2, 0.25) is 0 Å². The fourth-order valence-electron chi connectivity index (χ4n) is 3.38. The molecular weight excluding hydrogens is 360 g/mol. The summed E-state index contributed by atoms with van der Waals surface area (Å²) in [5, 5.41) is 10.7. The maximum absolute atomic E-state index is 13.2. The van der Waals surface area contributed by atoms with Crippen LogP contribution in [-0.4, -0.2) is 37.7 Å². The Hall–Kier alpha value is -3.28. The third kappa shape index (κ3) is 3.45. The standard InChI is InChI=1S/C22H22O6/c1-4-28-22(25)16-10-17(20(23)13-8-6-5-7-9-13)21(24)15-12-19(27-3)18(26-2)11-14(15)16/h5-9,11-12,16,23H,4,10H2,1-3H3/b20-17+. The van der Waals surface area contributed by atoms with Crippen LogP contribution in [0.5, 0.6) is 11.5 Å². The van der Waals surface area contributed by atoms with Crippen LogP contribution in [0, 0.1) is 0 Å². The number of aliphatic hydroxyl groups is 1. The van der Waals surface area contributed by atoms with Crippen LogP contribution in [0.15, 0.2) is 48.0 Å². The Bertz CT molecular complexity index is 930. The van der Waals surface area contributed by atoms with Crippen molar-refractivity contribution < 1.29 is 28.9 Å². The highest BCUT2D eigenvalue weighted by atomic mass is 16.5. The lowest BCUT2D eigenvalue weighted by molar-refractivity contribution is -0.145. The van der Waals surface area contributed by atoms with Gasteiger partial charge in [0, 0.05) is 16.7 Å². The van der Waals surface area contributed by atoms with E-state index < -0.39 is 11.9 Å². The zero-order valence-electron chi connectivity index (χ0n) is 16.0. The average Bonchev–Trinajstić information content (AvgIpc) is 2.73. The van der Waals surface area contributed by atoms with Gasteiger partial charge in [-0.05, 0) is 31.0 Å². The van der Waals surface area contributed by atoms with Crippen molar-refractivity contribution in [1.29, 1.82) is 0 Å². The van der Waals surface area contributed by atoms with Crippen molar-refractivity contribution in [2.45, 2.75) is 19.3 Å². The van der Waals surface area contributed by atoms with Crippen LogP contribution in [0.1, 0.15) is 40.7 Å². The molecule has 0 bridgehead atoms. The fourth-order valence-corrected chi connectivity index (χ4v) is 3.38. The van der Waals surface area contributed by atoms with E-state index in [9.17, 15) is 14.7 Å². The predicted octanol–water partition coefficient (Wildman–Crippen LogP) is 3.91. The molecule has 0 amide bonds. The van der Waals surface area contributed by atoms with Gasteiger partial charge < -0.3 is 19.3 Å². The van der Waals surface area contributed by atoms with Gasteiger partial charge in [0.05, 0.1) is 26.7 Å². The monoisotopic (exact) mass is 382 g/mol. The van der Waals surface area contributed by atoms with Crippen LogP contribution in [0.3, 0.4) is 0 Å². The number of carbonyl (C=O) groups excluding carboxylic acids is 2. The Kier molecular flexibility index (Phi) is 5.68. The van der Waals surface area contributed by atoms with Gasteiger partial charge in [-0.1, -0.05) is 30.3 Å². The van der Waals surface area contributed by atoms with E-state index in [2.05, 4.69) is 0 Å². The second kappa shape index (κ2) is 8.17. The Morgan fingerprint density at radius 2 is 1.75 bits per heavy atom. The van der Waals surface area contributed by atoms with Gasteiger partial charge in [0.15, 0.2) is 17.3 Å². The normalized spacial score (nSPS) is 17.5. The summed E-state index contributed by atoms with van der Waals surface area (Å²) in [4.78, 5) is 25.8. The van der Waals surface area contributed by atoms with Gasteiger partial charge in [-0.2, -0.15) is 0 Å². The second-order valence-corrected chi connectivity index (χ2v) is 6.33. The molecule has 2 aromatic carbocycles. The van der Waals surface area contributed by atoms with E-state index in [4.69, 9.17) is 14.2 Å². The van der Waals surface area contributed by atoms with Crippen LogP contribution >= 0.6 is 0 Å². The number of allylic oxidation sites excluding steroid dienone is 1. The molecule has 0 fully saturated rings. The lowest BCUT2D eigenvalue weighted by Gasteiger charge is -2.27. The van der Waals surface area contributed by atoms with Crippen molar-refractivity contribution in [2.24, 2.45) is 0 Å². The molecule has 2 aromatic rings. The van der Waals surface area contributed by atoms with Gasteiger partial charge in [-0.3, -0.25) is 9.59 Å². The van der Waals surface area contributed by atoms with Crippen LogP contribution < -0.4 is 9.47 Å². The van der Waals surface area contributed by atoms with E-state index in [1.165, 1.54) is 14.2 Å². The number of benzene rings is 2. The number of carbonyl (C=O) groups is 2. The first kappa shape index (κ1) is 19.5. The summed E-state index contributed by atoms with van der Waals surface area (Å²) >= 11 is 0. The van der Waals surface area contributed by atoms with Gasteiger partial charge in [-0.15, -0.1) is 0 Å². The van der Waals surface area contributed by atoms with E-state index in [0.29, 0.717) is 28.2 Å². The van der Waals surface area contributed by atoms with Crippen molar-refractivity contribution in [1.82, 2.24) is 0 Å². The van der Waals surface area contributed by atoms with Crippen LogP contribution in [0.4, 0.5) is 0 Å². The van der Waals surface area contributed by atoms with Gasteiger partial charge in [0.25, 0.3) is 0 Å².